The Kier molecular flexibility index (Phi) is 6.66. The molecule has 0 bridgehead atoms. The summed E-state index contributed by atoms with van der Waals surface area (Å²) in [5, 5.41) is 15.4. The molecule has 0 radical (unpaired) electrons. The Bertz CT molecular complexity index is 1690. The van der Waals surface area contributed by atoms with Gasteiger partial charge in [-0.2, -0.15) is 0 Å². The number of nitrogens with one attached hydrogen (secondary N) is 2. The van der Waals surface area contributed by atoms with Crippen LogP contribution in [0.5, 0.6) is 0 Å². The van der Waals surface area contributed by atoms with E-state index >= 15 is 0 Å². The van der Waals surface area contributed by atoms with Gasteiger partial charge in [-0.05, 0) is 53.4 Å². The van der Waals surface area contributed by atoms with Gasteiger partial charge >= 0.3 is 5.97 Å². The number of carboxylic acids is 1. The van der Waals surface area contributed by atoms with Crippen LogP contribution >= 0.6 is 34.8 Å². The first-order valence-electron chi connectivity index (χ1n) is 12.8. The van der Waals surface area contributed by atoms with Crippen molar-refractivity contribution in [1.82, 2.24) is 10.3 Å². The van der Waals surface area contributed by atoms with Crippen LogP contribution in [0.25, 0.3) is 10.9 Å². The second-order valence-corrected chi connectivity index (χ2v) is 11.5. The zero-order valence-electron chi connectivity index (χ0n) is 21.3. The minimum atomic E-state index is -1.83. The predicted molar refractivity (Wildman–Crippen MR) is 155 cm³/mol. The number of anilines is 1. The minimum absolute atomic E-state index is 0.0580. The number of H-pyrrole nitrogens is 1. The predicted octanol–water partition coefficient (Wildman–Crippen LogP) is 6.21. The topological polar surface area (TPSA) is 102 Å². The van der Waals surface area contributed by atoms with E-state index in [1.54, 1.807) is 24.4 Å². The maximum absolute atomic E-state index is 14.2. The number of imide groups is 1. The molecule has 7 nitrogen and oxygen atoms in total. The van der Waals surface area contributed by atoms with Crippen molar-refractivity contribution >= 4 is 69.2 Å². The van der Waals surface area contributed by atoms with Gasteiger partial charge in [0.05, 0.1) is 27.6 Å². The van der Waals surface area contributed by atoms with Crippen molar-refractivity contribution in [2.45, 2.75) is 31.3 Å². The third-order valence-electron chi connectivity index (χ3n) is 8.14. The molecule has 10 heteroatoms. The summed E-state index contributed by atoms with van der Waals surface area (Å²) in [5.41, 5.74) is 1.50. The highest BCUT2D eigenvalue weighted by atomic mass is 35.5. The number of aliphatic carboxylic acids is 1. The number of amides is 2. The Morgan fingerprint density at radius 3 is 2.45 bits per heavy atom. The molecule has 0 saturated carbocycles. The summed E-state index contributed by atoms with van der Waals surface area (Å²) >= 11 is 19.3. The van der Waals surface area contributed by atoms with E-state index in [0.29, 0.717) is 16.8 Å². The summed E-state index contributed by atoms with van der Waals surface area (Å²) in [6, 6.07) is 16.7. The smallest absolute Gasteiger partial charge is 0.325 e. The molecule has 2 saturated heterocycles. The van der Waals surface area contributed by atoms with E-state index in [4.69, 9.17) is 34.8 Å². The lowest BCUT2D eigenvalue weighted by atomic mass is 9.76. The van der Waals surface area contributed by atoms with Gasteiger partial charge in [-0.3, -0.25) is 19.7 Å². The van der Waals surface area contributed by atoms with Gasteiger partial charge in [-0.25, -0.2) is 4.90 Å². The summed E-state index contributed by atoms with van der Waals surface area (Å²) in [6.07, 6.45) is 2.48. The molecule has 204 valence electrons. The SMILES string of the molecule is CCc1ccc(N2C(=O)C3C(c4cc(Cl)cc(Cl)c4Cl)NC(Cc4c[nH]c5ccccc45)(C(=O)O)C3C2=O)cc1. The van der Waals surface area contributed by atoms with E-state index in [-0.39, 0.29) is 21.5 Å². The zero-order chi connectivity index (χ0) is 28.3. The molecule has 2 fully saturated rings. The number of carboxylic acid groups (broad SMARTS) is 1. The van der Waals surface area contributed by atoms with Gasteiger partial charge in [0.15, 0.2) is 0 Å². The molecular formula is C30H24Cl3N3O4. The molecule has 0 aliphatic carbocycles. The van der Waals surface area contributed by atoms with Crippen molar-refractivity contribution in [3.05, 3.63) is 98.6 Å². The summed E-state index contributed by atoms with van der Waals surface area (Å²) in [7, 11) is 0. The van der Waals surface area contributed by atoms with E-state index in [9.17, 15) is 19.5 Å². The molecule has 2 amide bonds. The molecule has 6 rings (SSSR count). The van der Waals surface area contributed by atoms with Crippen molar-refractivity contribution < 1.29 is 19.5 Å². The van der Waals surface area contributed by atoms with E-state index in [1.165, 1.54) is 6.07 Å². The van der Waals surface area contributed by atoms with Crippen molar-refractivity contribution in [3.8, 4) is 0 Å². The monoisotopic (exact) mass is 595 g/mol. The number of halogens is 3. The van der Waals surface area contributed by atoms with Gasteiger partial charge in [-0.15, -0.1) is 0 Å². The molecule has 3 aromatic carbocycles. The molecule has 40 heavy (non-hydrogen) atoms. The third kappa shape index (κ3) is 4.03. The first-order valence-corrected chi connectivity index (χ1v) is 14.0. The molecule has 0 spiro atoms. The van der Waals surface area contributed by atoms with E-state index in [0.717, 1.165) is 27.8 Å². The number of hydrogen-bond acceptors (Lipinski definition) is 4. The van der Waals surface area contributed by atoms with Crippen molar-refractivity contribution in [3.63, 3.8) is 0 Å². The fourth-order valence-corrected chi connectivity index (χ4v) is 6.96. The lowest BCUT2D eigenvalue weighted by Gasteiger charge is -2.31. The first kappa shape index (κ1) is 26.8. The van der Waals surface area contributed by atoms with Gasteiger partial charge in [0.1, 0.15) is 5.54 Å². The minimum Gasteiger partial charge on any atom is -0.480 e. The number of hydrogen-bond donors (Lipinski definition) is 3. The highest BCUT2D eigenvalue weighted by molar-refractivity contribution is 6.43. The van der Waals surface area contributed by atoms with Gasteiger partial charge in [0, 0.05) is 34.6 Å². The van der Waals surface area contributed by atoms with Gasteiger partial charge < -0.3 is 10.1 Å². The Morgan fingerprint density at radius 1 is 1.02 bits per heavy atom. The molecule has 3 N–H and O–H groups in total. The fourth-order valence-electron chi connectivity index (χ4n) is 6.22. The number of aromatic nitrogens is 1. The van der Waals surface area contributed by atoms with Crippen molar-refractivity contribution in [1.29, 1.82) is 0 Å². The largest absolute Gasteiger partial charge is 0.480 e. The zero-order valence-corrected chi connectivity index (χ0v) is 23.5. The molecule has 2 aliphatic heterocycles. The number of rotatable bonds is 6. The number of fused-ring (bicyclic) bond motifs is 2. The standard InChI is InChI=1S/C30H24Cl3N3O4/c1-2-15-7-9-18(10-8-15)36-27(37)23-24(28(36)38)30(29(39)40,13-16-14-34-22-6-4-3-5-19(16)22)35-26(23)20-11-17(31)12-21(32)25(20)33/h3-12,14,23-24,26,34-35H,2,13H2,1H3,(H,39,40). The Balaban J connectivity index is 1.53. The van der Waals surface area contributed by atoms with Gasteiger partial charge in [0.25, 0.3) is 0 Å². The number of para-hydroxylation sites is 1. The lowest BCUT2D eigenvalue weighted by molar-refractivity contribution is -0.148. The molecule has 4 aromatic rings. The highest BCUT2D eigenvalue weighted by Gasteiger charge is 2.69. The van der Waals surface area contributed by atoms with Crippen LogP contribution in [0.3, 0.4) is 0 Å². The Labute approximate surface area is 245 Å². The maximum Gasteiger partial charge on any atom is 0.325 e. The third-order valence-corrected chi connectivity index (χ3v) is 9.17. The molecular weight excluding hydrogens is 573 g/mol. The molecule has 4 atom stereocenters. The number of aryl methyl sites for hydroxylation is 1. The van der Waals surface area contributed by atoms with Crippen molar-refractivity contribution in [2.24, 2.45) is 11.8 Å². The van der Waals surface area contributed by atoms with E-state index in [2.05, 4.69) is 10.3 Å². The number of aromatic amines is 1. The number of carbonyl (C=O) groups excluding carboxylic acids is 2. The normalized spacial score (nSPS) is 24.2. The summed E-state index contributed by atoms with van der Waals surface area (Å²) < 4.78 is 0. The Hall–Kier alpha value is -3.36. The maximum atomic E-state index is 14.2. The molecule has 3 heterocycles. The number of carbonyl (C=O) groups is 3. The summed E-state index contributed by atoms with van der Waals surface area (Å²) in [6.45, 7) is 2.01. The average molecular weight is 597 g/mol. The van der Waals surface area contributed by atoms with Crippen LogP contribution in [0.4, 0.5) is 5.69 Å². The van der Waals surface area contributed by atoms with Gasteiger partial charge in [0.2, 0.25) is 11.8 Å². The van der Waals surface area contributed by atoms with Crippen LogP contribution < -0.4 is 10.2 Å². The van der Waals surface area contributed by atoms with Gasteiger partial charge in [-0.1, -0.05) is 72.1 Å². The highest BCUT2D eigenvalue weighted by Crippen LogP contribution is 2.53. The molecule has 4 unspecified atom stereocenters. The van der Waals surface area contributed by atoms with Crippen LogP contribution in [0.2, 0.25) is 15.1 Å². The van der Waals surface area contributed by atoms with Crippen LogP contribution in [-0.4, -0.2) is 33.4 Å². The summed E-state index contributed by atoms with van der Waals surface area (Å²) in [5.74, 6) is -4.63. The van der Waals surface area contributed by atoms with E-state index in [1.807, 2.05) is 43.3 Å². The fraction of sp³-hybridized carbons (Fsp3) is 0.233. The number of benzene rings is 3. The molecule has 1 aromatic heterocycles. The first-order chi connectivity index (χ1) is 19.2. The lowest BCUT2D eigenvalue weighted by Crippen LogP contribution is -2.57. The Morgan fingerprint density at radius 2 is 1.75 bits per heavy atom. The second-order valence-electron chi connectivity index (χ2n) is 10.3. The summed E-state index contributed by atoms with van der Waals surface area (Å²) in [4.78, 5) is 45.8. The van der Waals surface area contributed by atoms with Crippen LogP contribution in [0.15, 0.2) is 66.9 Å². The number of nitrogens with zero attached hydrogens (tertiary/aromatic N) is 1. The van der Waals surface area contributed by atoms with Crippen LogP contribution in [0.1, 0.15) is 29.7 Å². The quantitative estimate of drug-likeness (QED) is 0.182. The average Bonchev–Trinajstić information content (AvgIpc) is 3.58. The van der Waals surface area contributed by atoms with Crippen molar-refractivity contribution in [2.75, 3.05) is 4.90 Å². The van der Waals surface area contributed by atoms with E-state index < -0.39 is 41.2 Å². The second kappa shape index (κ2) is 9.93. The molecule has 2 aliphatic rings. The van der Waals surface area contributed by atoms with Crippen LogP contribution in [0, 0.1) is 11.8 Å². The van der Waals surface area contributed by atoms with Crippen LogP contribution in [-0.2, 0) is 27.2 Å².